The fourth-order valence-corrected chi connectivity index (χ4v) is 1.92. The summed E-state index contributed by atoms with van der Waals surface area (Å²) in [4.78, 5) is 28.7. The van der Waals surface area contributed by atoms with E-state index in [1.54, 1.807) is 19.2 Å². The summed E-state index contributed by atoms with van der Waals surface area (Å²) in [6.07, 6.45) is 2.94. The van der Waals surface area contributed by atoms with Gasteiger partial charge >= 0.3 is 0 Å². The van der Waals surface area contributed by atoms with Gasteiger partial charge in [0.05, 0.1) is 0 Å². The predicted octanol–water partition coefficient (Wildman–Crippen LogP) is 0.750. The lowest BCUT2D eigenvalue weighted by atomic mass is 10.0. The Bertz CT molecular complexity index is 724. The second-order valence-corrected chi connectivity index (χ2v) is 5.33. The topological polar surface area (TPSA) is 83.7 Å². The largest absolute Gasteiger partial charge is 0.396 e. The van der Waals surface area contributed by atoms with Crippen LogP contribution in [0.5, 0.6) is 0 Å². The first-order chi connectivity index (χ1) is 9.93. The second-order valence-electron chi connectivity index (χ2n) is 5.33. The molecule has 0 bridgehead atoms. The van der Waals surface area contributed by atoms with Crippen molar-refractivity contribution in [2.45, 2.75) is 26.8 Å². The van der Waals surface area contributed by atoms with Gasteiger partial charge in [0.15, 0.2) is 0 Å². The van der Waals surface area contributed by atoms with Crippen molar-refractivity contribution in [2.24, 2.45) is 5.92 Å². The Hall–Kier alpha value is -2.21. The van der Waals surface area contributed by atoms with Gasteiger partial charge < -0.3 is 10.4 Å². The summed E-state index contributed by atoms with van der Waals surface area (Å²) in [6.45, 7) is 5.44. The number of pyridine rings is 1. The van der Waals surface area contributed by atoms with E-state index >= 15 is 0 Å². The van der Waals surface area contributed by atoms with Gasteiger partial charge in [0, 0.05) is 25.0 Å². The zero-order valence-corrected chi connectivity index (χ0v) is 12.3. The summed E-state index contributed by atoms with van der Waals surface area (Å²) >= 11 is 0. The second kappa shape index (κ2) is 6.05. The van der Waals surface area contributed by atoms with E-state index in [-0.39, 0.29) is 24.1 Å². The van der Waals surface area contributed by atoms with E-state index in [9.17, 15) is 9.59 Å². The highest BCUT2D eigenvalue weighted by Gasteiger charge is 2.18. The summed E-state index contributed by atoms with van der Waals surface area (Å²) in [6, 6.07) is 3.35. The summed E-state index contributed by atoms with van der Waals surface area (Å²) in [5.41, 5.74) is 1.00. The number of aliphatic hydroxyl groups excluding tert-OH is 1. The molecule has 0 spiro atoms. The molecular weight excluding hydrogens is 270 g/mol. The molecule has 0 fully saturated rings. The van der Waals surface area contributed by atoms with Gasteiger partial charge in [-0.25, -0.2) is 4.98 Å². The maximum absolute atomic E-state index is 12.4. The van der Waals surface area contributed by atoms with Crippen molar-refractivity contribution < 1.29 is 9.90 Å². The maximum Gasteiger partial charge on any atom is 0.270 e. The zero-order chi connectivity index (χ0) is 15.6. The normalized spacial score (nSPS) is 13.9. The number of aromatic nitrogens is 2. The Morgan fingerprint density at radius 2 is 2.14 bits per heavy atom. The third-order valence-electron chi connectivity index (χ3n) is 3.59. The average molecular weight is 289 g/mol. The molecule has 6 heteroatoms. The summed E-state index contributed by atoms with van der Waals surface area (Å²) in [7, 11) is 0. The minimum Gasteiger partial charge on any atom is -0.396 e. The Kier molecular flexibility index (Phi) is 4.37. The minimum absolute atomic E-state index is 0.00455. The fraction of sp³-hybridized carbons (Fsp3) is 0.400. The van der Waals surface area contributed by atoms with E-state index in [4.69, 9.17) is 5.11 Å². The highest BCUT2D eigenvalue weighted by Crippen LogP contribution is 2.04. The van der Waals surface area contributed by atoms with Crippen molar-refractivity contribution in [3.05, 3.63) is 46.0 Å². The van der Waals surface area contributed by atoms with E-state index < -0.39 is 11.5 Å². The van der Waals surface area contributed by atoms with Crippen molar-refractivity contribution in [2.75, 3.05) is 6.61 Å². The standard InChI is InChI=1S/C15H19N3O3/c1-9-4-5-13-16-6-12(15(21)18(13)7-9)14(20)17-11(3)10(2)8-19/h4-7,10-11,19H,8H2,1-3H3,(H,17,20). The molecule has 0 saturated carbocycles. The molecule has 2 rings (SSSR count). The number of hydrogen-bond donors (Lipinski definition) is 2. The Balaban J connectivity index is 2.36. The smallest absolute Gasteiger partial charge is 0.270 e. The molecule has 2 heterocycles. The van der Waals surface area contributed by atoms with Gasteiger partial charge in [-0.15, -0.1) is 0 Å². The van der Waals surface area contributed by atoms with Gasteiger partial charge in [0.2, 0.25) is 0 Å². The number of rotatable bonds is 4. The zero-order valence-electron chi connectivity index (χ0n) is 12.3. The Morgan fingerprint density at radius 1 is 1.43 bits per heavy atom. The van der Waals surface area contributed by atoms with Gasteiger partial charge in [-0.1, -0.05) is 13.0 Å². The van der Waals surface area contributed by atoms with Crippen molar-refractivity contribution in [3.63, 3.8) is 0 Å². The molecule has 0 aromatic carbocycles. The Labute approximate surface area is 122 Å². The van der Waals surface area contributed by atoms with Crippen LogP contribution in [0.3, 0.4) is 0 Å². The molecule has 2 aromatic rings. The molecule has 2 atom stereocenters. The van der Waals surface area contributed by atoms with Crippen LogP contribution in [0.2, 0.25) is 0 Å². The van der Waals surface area contributed by atoms with Crippen LogP contribution in [0.25, 0.3) is 5.65 Å². The van der Waals surface area contributed by atoms with Crippen molar-refractivity contribution >= 4 is 11.6 Å². The number of aliphatic hydroxyl groups is 1. The van der Waals surface area contributed by atoms with Gasteiger partial charge in [0.25, 0.3) is 11.5 Å². The van der Waals surface area contributed by atoms with Crippen molar-refractivity contribution in [3.8, 4) is 0 Å². The van der Waals surface area contributed by atoms with Crippen LogP contribution in [-0.2, 0) is 0 Å². The van der Waals surface area contributed by atoms with Crippen molar-refractivity contribution in [1.29, 1.82) is 0 Å². The lowest BCUT2D eigenvalue weighted by Gasteiger charge is -2.19. The van der Waals surface area contributed by atoms with Gasteiger partial charge in [-0.3, -0.25) is 14.0 Å². The van der Waals surface area contributed by atoms with Crippen LogP contribution in [0.4, 0.5) is 0 Å². The monoisotopic (exact) mass is 289 g/mol. The lowest BCUT2D eigenvalue weighted by molar-refractivity contribution is 0.0914. The third kappa shape index (κ3) is 3.11. The van der Waals surface area contributed by atoms with Crippen LogP contribution in [0.15, 0.2) is 29.3 Å². The molecule has 0 radical (unpaired) electrons. The van der Waals surface area contributed by atoms with E-state index in [0.717, 1.165) is 5.56 Å². The molecule has 1 amide bonds. The predicted molar refractivity (Wildman–Crippen MR) is 79.4 cm³/mol. The number of nitrogens with zero attached hydrogens (tertiary/aromatic N) is 2. The molecule has 0 saturated heterocycles. The molecule has 0 aliphatic heterocycles. The number of aryl methyl sites for hydroxylation is 1. The Morgan fingerprint density at radius 3 is 2.81 bits per heavy atom. The number of fused-ring (bicyclic) bond motifs is 1. The minimum atomic E-state index is -0.476. The molecular formula is C15H19N3O3. The lowest BCUT2D eigenvalue weighted by Crippen LogP contribution is -2.41. The van der Waals surface area contributed by atoms with Crippen LogP contribution in [-0.4, -0.2) is 33.0 Å². The molecule has 112 valence electrons. The molecule has 2 N–H and O–H groups in total. The molecule has 0 aliphatic carbocycles. The summed E-state index contributed by atoms with van der Waals surface area (Å²) in [5.74, 6) is -0.566. The summed E-state index contributed by atoms with van der Waals surface area (Å²) in [5, 5.41) is 11.8. The van der Waals surface area contributed by atoms with Gasteiger partial charge in [-0.05, 0) is 31.4 Å². The molecule has 2 unspecified atom stereocenters. The van der Waals surface area contributed by atoms with Crippen LogP contribution < -0.4 is 10.9 Å². The number of amides is 1. The van der Waals surface area contributed by atoms with Crippen LogP contribution in [0.1, 0.15) is 29.8 Å². The maximum atomic E-state index is 12.4. The molecule has 0 aliphatic rings. The first-order valence-electron chi connectivity index (χ1n) is 6.83. The van der Waals surface area contributed by atoms with Gasteiger partial charge in [-0.2, -0.15) is 0 Å². The van der Waals surface area contributed by atoms with E-state index in [2.05, 4.69) is 10.3 Å². The number of hydrogen-bond acceptors (Lipinski definition) is 4. The summed E-state index contributed by atoms with van der Waals surface area (Å²) < 4.78 is 1.37. The van der Waals surface area contributed by atoms with Crippen LogP contribution in [0, 0.1) is 12.8 Å². The number of nitrogens with one attached hydrogen (secondary N) is 1. The first kappa shape index (κ1) is 15.2. The van der Waals surface area contributed by atoms with E-state index in [0.29, 0.717) is 5.65 Å². The highest BCUT2D eigenvalue weighted by molar-refractivity contribution is 5.93. The first-order valence-corrected chi connectivity index (χ1v) is 6.83. The third-order valence-corrected chi connectivity index (χ3v) is 3.59. The van der Waals surface area contributed by atoms with Crippen LogP contribution >= 0.6 is 0 Å². The number of carbonyl (C=O) groups is 1. The quantitative estimate of drug-likeness (QED) is 0.870. The number of carbonyl (C=O) groups excluding carboxylic acids is 1. The SMILES string of the molecule is Cc1ccc2ncc(C(=O)NC(C)C(C)CO)c(=O)n2c1. The molecule has 6 nitrogen and oxygen atoms in total. The highest BCUT2D eigenvalue weighted by atomic mass is 16.3. The van der Waals surface area contributed by atoms with E-state index in [1.165, 1.54) is 10.6 Å². The van der Waals surface area contributed by atoms with Gasteiger partial charge in [0.1, 0.15) is 11.2 Å². The molecule has 2 aromatic heterocycles. The average Bonchev–Trinajstić information content (AvgIpc) is 2.47. The fourth-order valence-electron chi connectivity index (χ4n) is 1.92. The van der Waals surface area contributed by atoms with E-state index in [1.807, 2.05) is 19.9 Å². The van der Waals surface area contributed by atoms with Crippen molar-refractivity contribution in [1.82, 2.24) is 14.7 Å². The molecule has 21 heavy (non-hydrogen) atoms.